The Morgan fingerprint density at radius 2 is 1.62 bits per heavy atom. The molecule has 0 aliphatic carbocycles. The standard InChI is InChI=1S/C22H29N3O5S2/c1-4-24(5-2)32(29,30)20-11-12-21-18(16-20)14-15-25(21)22(26)13-8-17-6-9-19(10-7-17)31(27,28)23-3/h6-7,9-12,16,23H,4-5,8,13-15H2,1-3H3. The zero-order valence-electron chi connectivity index (χ0n) is 18.5. The summed E-state index contributed by atoms with van der Waals surface area (Å²) in [4.78, 5) is 15.0. The van der Waals surface area contributed by atoms with Crippen molar-refractivity contribution >= 4 is 31.6 Å². The number of rotatable bonds is 9. The van der Waals surface area contributed by atoms with Crippen molar-refractivity contribution in [3.05, 3.63) is 53.6 Å². The second-order valence-electron chi connectivity index (χ2n) is 7.53. The summed E-state index contributed by atoms with van der Waals surface area (Å²) in [7, 11) is -5.67. The van der Waals surface area contributed by atoms with Crippen molar-refractivity contribution in [1.82, 2.24) is 9.03 Å². The predicted molar refractivity (Wildman–Crippen MR) is 124 cm³/mol. The second-order valence-corrected chi connectivity index (χ2v) is 11.4. The fourth-order valence-corrected chi connectivity index (χ4v) is 6.09. The van der Waals surface area contributed by atoms with Crippen LogP contribution in [0.15, 0.2) is 52.3 Å². The summed E-state index contributed by atoms with van der Waals surface area (Å²) < 4.78 is 52.9. The van der Waals surface area contributed by atoms with Gasteiger partial charge in [0.05, 0.1) is 9.79 Å². The van der Waals surface area contributed by atoms with E-state index in [0.29, 0.717) is 32.5 Å². The van der Waals surface area contributed by atoms with Gasteiger partial charge in [0.15, 0.2) is 0 Å². The Morgan fingerprint density at radius 1 is 1.00 bits per heavy atom. The van der Waals surface area contributed by atoms with Gasteiger partial charge in [0, 0.05) is 31.7 Å². The number of amides is 1. The van der Waals surface area contributed by atoms with E-state index in [2.05, 4.69) is 4.72 Å². The first kappa shape index (κ1) is 24.4. The number of nitrogens with zero attached hydrogens (tertiary/aromatic N) is 2. The van der Waals surface area contributed by atoms with Gasteiger partial charge in [-0.3, -0.25) is 4.79 Å². The fraction of sp³-hybridized carbons (Fsp3) is 0.409. The molecule has 174 valence electrons. The molecular formula is C22H29N3O5S2. The lowest BCUT2D eigenvalue weighted by Gasteiger charge is -2.20. The normalized spacial score (nSPS) is 14.1. The molecule has 0 fully saturated rings. The number of hydrogen-bond acceptors (Lipinski definition) is 5. The molecule has 8 nitrogen and oxygen atoms in total. The molecule has 0 unspecified atom stereocenters. The van der Waals surface area contributed by atoms with Crippen LogP contribution in [0.4, 0.5) is 5.69 Å². The van der Waals surface area contributed by atoms with E-state index < -0.39 is 20.0 Å². The van der Waals surface area contributed by atoms with E-state index in [1.165, 1.54) is 23.5 Å². The van der Waals surface area contributed by atoms with E-state index in [9.17, 15) is 21.6 Å². The van der Waals surface area contributed by atoms with Gasteiger partial charge in [-0.05, 0) is 61.3 Å². The lowest BCUT2D eigenvalue weighted by atomic mass is 10.1. The Morgan fingerprint density at radius 3 is 2.22 bits per heavy atom. The van der Waals surface area contributed by atoms with Crippen LogP contribution in [0.3, 0.4) is 0 Å². The number of aryl methyl sites for hydroxylation is 1. The van der Waals surface area contributed by atoms with Crippen LogP contribution in [-0.2, 0) is 37.7 Å². The highest BCUT2D eigenvalue weighted by atomic mass is 32.2. The summed E-state index contributed by atoms with van der Waals surface area (Å²) >= 11 is 0. The van der Waals surface area contributed by atoms with Crippen molar-refractivity contribution in [2.45, 2.75) is 42.9 Å². The Kier molecular flexibility index (Phi) is 7.39. The van der Waals surface area contributed by atoms with Crippen LogP contribution < -0.4 is 9.62 Å². The molecule has 0 atom stereocenters. The highest BCUT2D eigenvalue weighted by Gasteiger charge is 2.28. The van der Waals surface area contributed by atoms with Crippen LogP contribution in [0.5, 0.6) is 0 Å². The third kappa shape index (κ3) is 4.88. The Hall–Kier alpha value is -2.27. The van der Waals surface area contributed by atoms with Crippen LogP contribution in [0, 0.1) is 0 Å². The fourth-order valence-electron chi connectivity index (χ4n) is 3.85. The lowest BCUT2D eigenvalue weighted by molar-refractivity contribution is -0.118. The van der Waals surface area contributed by atoms with Gasteiger partial charge in [0.25, 0.3) is 0 Å². The zero-order chi connectivity index (χ0) is 23.5. The molecule has 3 rings (SSSR count). The third-order valence-corrected chi connectivity index (χ3v) is 9.20. The number of sulfonamides is 2. The van der Waals surface area contributed by atoms with Gasteiger partial charge in [-0.15, -0.1) is 0 Å². The molecule has 0 spiro atoms. The minimum atomic E-state index is -3.54. The second kappa shape index (κ2) is 9.70. The molecular weight excluding hydrogens is 450 g/mol. The van der Waals surface area contributed by atoms with Gasteiger partial charge in [0.1, 0.15) is 0 Å². The van der Waals surface area contributed by atoms with Crippen molar-refractivity contribution in [3.8, 4) is 0 Å². The molecule has 2 aromatic rings. The summed E-state index contributed by atoms with van der Waals surface area (Å²) in [5.74, 6) is -0.0463. The SMILES string of the molecule is CCN(CC)S(=O)(=O)c1ccc2c(c1)CCN2C(=O)CCc1ccc(S(=O)(=O)NC)cc1. The molecule has 1 heterocycles. The first-order valence-corrected chi connectivity index (χ1v) is 13.5. The van der Waals surface area contributed by atoms with Crippen molar-refractivity contribution in [3.63, 3.8) is 0 Å². The first-order valence-electron chi connectivity index (χ1n) is 10.6. The number of anilines is 1. The quantitative estimate of drug-likeness (QED) is 0.594. The number of benzene rings is 2. The maximum atomic E-state index is 12.8. The van der Waals surface area contributed by atoms with E-state index in [1.807, 2.05) is 13.8 Å². The van der Waals surface area contributed by atoms with E-state index in [4.69, 9.17) is 0 Å². The molecule has 1 aliphatic heterocycles. The Labute approximate surface area is 190 Å². The van der Waals surface area contributed by atoms with Crippen molar-refractivity contribution in [2.24, 2.45) is 0 Å². The molecule has 1 aliphatic rings. The lowest BCUT2D eigenvalue weighted by Crippen LogP contribution is -2.30. The molecule has 32 heavy (non-hydrogen) atoms. The summed E-state index contributed by atoms with van der Waals surface area (Å²) in [6.07, 6.45) is 1.37. The minimum Gasteiger partial charge on any atom is -0.312 e. The van der Waals surface area contributed by atoms with Crippen molar-refractivity contribution < 1.29 is 21.6 Å². The monoisotopic (exact) mass is 479 g/mol. The van der Waals surface area contributed by atoms with Gasteiger partial charge in [-0.2, -0.15) is 4.31 Å². The topological polar surface area (TPSA) is 104 Å². The summed E-state index contributed by atoms with van der Waals surface area (Å²) in [6, 6.07) is 11.4. The van der Waals surface area contributed by atoms with Gasteiger partial charge < -0.3 is 4.90 Å². The summed E-state index contributed by atoms with van der Waals surface area (Å²) in [5, 5.41) is 0. The number of fused-ring (bicyclic) bond motifs is 1. The summed E-state index contributed by atoms with van der Waals surface area (Å²) in [6.45, 7) is 4.94. The zero-order valence-corrected chi connectivity index (χ0v) is 20.2. The molecule has 0 radical (unpaired) electrons. The summed E-state index contributed by atoms with van der Waals surface area (Å²) in [5.41, 5.74) is 2.48. The molecule has 1 amide bonds. The van der Waals surface area contributed by atoms with Crippen LogP contribution in [0.1, 0.15) is 31.4 Å². The molecule has 0 bridgehead atoms. The minimum absolute atomic E-state index is 0.0463. The Balaban J connectivity index is 1.69. The predicted octanol–water partition coefficient (Wildman–Crippen LogP) is 2.15. The smallest absolute Gasteiger partial charge is 0.243 e. The Bertz CT molecular complexity index is 1190. The largest absolute Gasteiger partial charge is 0.312 e. The third-order valence-electron chi connectivity index (χ3n) is 5.72. The van der Waals surface area contributed by atoms with Crippen molar-refractivity contribution in [1.29, 1.82) is 0 Å². The van der Waals surface area contributed by atoms with Gasteiger partial charge in [-0.1, -0.05) is 26.0 Å². The van der Waals surface area contributed by atoms with E-state index in [0.717, 1.165) is 16.8 Å². The first-order chi connectivity index (χ1) is 15.1. The van der Waals surface area contributed by atoms with E-state index in [1.54, 1.807) is 35.2 Å². The van der Waals surface area contributed by atoms with Crippen LogP contribution in [-0.4, -0.2) is 53.7 Å². The maximum Gasteiger partial charge on any atom is 0.243 e. The molecule has 0 aromatic heterocycles. The van der Waals surface area contributed by atoms with Gasteiger partial charge in [-0.25, -0.2) is 21.6 Å². The molecule has 1 N–H and O–H groups in total. The van der Waals surface area contributed by atoms with Crippen LogP contribution in [0.2, 0.25) is 0 Å². The number of nitrogens with one attached hydrogen (secondary N) is 1. The number of hydrogen-bond donors (Lipinski definition) is 1. The molecule has 2 aromatic carbocycles. The molecule has 10 heteroatoms. The molecule has 0 saturated heterocycles. The van der Waals surface area contributed by atoms with Crippen LogP contribution >= 0.6 is 0 Å². The maximum absolute atomic E-state index is 12.8. The average Bonchev–Trinajstić information content (AvgIpc) is 3.22. The highest BCUT2D eigenvalue weighted by Crippen LogP contribution is 2.31. The van der Waals surface area contributed by atoms with Gasteiger partial charge in [0.2, 0.25) is 26.0 Å². The highest BCUT2D eigenvalue weighted by molar-refractivity contribution is 7.89. The van der Waals surface area contributed by atoms with Crippen LogP contribution in [0.25, 0.3) is 0 Å². The van der Waals surface area contributed by atoms with E-state index in [-0.39, 0.29) is 22.1 Å². The van der Waals surface area contributed by atoms with E-state index >= 15 is 0 Å². The number of carbonyl (C=O) groups excluding carboxylic acids is 1. The van der Waals surface area contributed by atoms with Gasteiger partial charge >= 0.3 is 0 Å². The van der Waals surface area contributed by atoms with Crippen molar-refractivity contribution in [2.75, 3.05) is 31.6 Å². The molecule has 0 saturated carbocycles. The number of carbonyl (C=O) groups is 1. The average molecular weight is 480 g/mol.